The molecule has 2 aromatic carbocycles. The maximum atomic E-state index is 9.32. The van der Waals surface area contributed by atoms with Gasteiger partial charge in [-0.15, -0.1) is 0 Å². The highest BCUT2D eigenvalue weighted by molar-refractivity contribution is 9.10. The van der Waals surface area contributed by atoms with E-state index in [9.17, 15) is 5.11 Å². The van der Waals surface area contributed by atoms with Gasteiger partial charge in [0.15, 0.2) is 11.5 Å². The van der Waals surface area contributed by atoms with Crippen LogP contribution in [0.25, 0.3) is 0 Å². The van der Waals surface area contributed by atoms with Crippen LogP contribution in [-0.4, -0.2) is 11.7 Å². The van der Waals surface area contributed by atoms with E-state index in [1.165, 1.54) is 0 Å². The van der Waals surface area contributed by atoms with E-state index in [-0.39, 0.29) is 13.2 Å². The predicted octanol–water partition coefficient (Wildman–Crippen LogP) is 5.23. The summed E-state index contributed by atoms with van der Waals surface area (Å²) < 4.78 is 12.1. The molecule has 6 heteroatoms. The highest BCUT2D eigenvalue weighted by Gasteiger charge is 2.12. The summed E-state index contributed by atoms with van der Waals surface area (Å²) in [6, 6.07) is 8.82. The van der Waals surface area contributed by atoms with Crippen LogP contribution < -0.4 is 9.47 Å². The van der Waals surface area contributed by atoms with Crippen molar-refractivity contribution in [3.05, 3.63) is 56.0 Å². The fourth-order valence-corrected chi connectivity index (χ4v) is 2.85. The summed E-state index contributed by atoms with van der Waals surface area (Å²) in [4.78, 5) is 0. The summed E-state index contributed by atoms with van der Waals surface area (Å²) in [6.07, 6.45) is 0. The number of aliphatic hydroxyl groups excluding tert-OH is 1. The molecule has 3 nitrogen and oxygen atoms in total. The molecule has 2 aromatic rings. The Labute approximate surface area is 147 Å². The van der Waals surface area contributed by atoms with E-state index in [4.69, 9.17) is 32.7 Å². The second-order valence-corrected chi connectivity index (χ2v) is 6.14. The van der Waals surface area contributed by atoms with E-state index in [1.54, 1.807) is 30.3 Å². The molecule has 0 unspecified atom stereocenters. The third-order valence-corrected chi connectivity index (χ3v) is 4.46. The van der Waals surface area contributed by atoms with Crippen molar-refractivity contribution < 1.29 is 14.6 Å². The quantitative estimate of drug-likeness (QED) is 0.715. The Morgan fingerprint density at radius 3 is 2.32 bits per heavy atom. The van der Waals surface area contributed by atoms with Gasteiger partial charge in [0.05, 0.1) is 13.2 Å². The van der Waals surface area contributed by atoms with Crippen LogP contribution in [0.2, 0.25) is 10.0 Å². The largest absolute Gasteiger partial charge is 0.490 e. The van der Waals surface area contributed by atoms with Crippen molar-refractivity contribution in [1.29, 1.82) is 0 Å². The Balaban J connectivity index is 2.27. The molecule has 0 saturated carbocycles. The second-order valence-electron chi connectivity index (χ2n) is 4.47. The van der Waals surface area contributed by atoms with Crippen molar-refractivity contribution in [2.24, 2.45) is 0 Å². The summed E-state index contributed by atoms with van der Waals surface area (Å²) in [5.74, 6) is 1.12. The second kappa shape index (κ2) is 8.06. The van der Waals surface area contributed by atoms with Gasteiger partial charge in [-0.2, -0.15) is 0 Å². The minimum absolute atomic E-state index is 0.0860. The average molecular weight is 406 g/mol. The lowest BCUT2D eigenvalue weighted by atomic mass is 10.2. The number of benzene rings is 2. The predicted molar refractivity (Wildman–Crippen MR) is 92.0 cm³/mol. The van der Waals surface area contributed by atoms with Crippen molar-refractivity contribution in [2.45, 2.75) is 20.1 Å². The SMILES string of the molecule is CCOc1cc(CO)c(Br)cc1OCc1c(Cl)cccc1Cl. The minimum atomic E-state index is -0.0860. The van der Waals surface area contributed by atoms with Crippen molar-refractivity contribution in [3.63, 3.8) is 0 Å². The number of rotatable bonds is 6. The van der Waals surface area contributed by atoms with Crippen LogP contribution in [-0.2, 0) is 13.2 Å². The molecule has 0 aliphatic carbocycles. The maximum Gasteiger partial charge on any atom is 0.162 e. The zero-order valence-electron chi connectivity index (χ0n) is 11.9. The molecule has 1 N–H and O–H groups in total. The van der Waals surface area contributed by atoms with Crippen molar-refractivity contribution >= 4 is 39.1 Å². The fourth-order valence-electron chi connectivity index (χ4n) is 1.90. The van der Waals surface area contributed by atoms with Crippen LogP contribution in [0.5, 0.6) is 11.5 Å². The van der Waals surface area contributed by atoms with Gasteiger partial charge in [-0.05, 0) is 36.8 Å². The Hall–Kier alpha value is -0.940. The molecule has 0 saturated heterocycles. The molecule has 0 bridgehead atoms. The number of halogens is 3. The molecule has 22 heavy (non-hydrogen) atoms. The maximum absolute atomic E-state index is 9.32. The number of hydrogen-bond donors (Lipinski definition) is 1. The molecule has 2 rings (SSSR count). The van der Waals surface area contributed by atoms with Crippen LogP contribution in [0.15, 0.2) is 34.8 Å². The van der Waals surface area contributed by atoms with Gasteiger partial charge in [-0.1, -0.05) is 45.2 Å². The fraction of sp³-hybridized carbons (Fsp3) is 0.250. The number of aliphatic hydroxyl groups is 1. The molecule has 118 valence electrons. The molecular weight excluding hydrogens is 391 g/mol. The first kappa shape index (κ1) is 17.4. The Morgan fingerprint density at radius 1 is 1.09 bits per heavy atom. The van der Waals surface area contributed by atoms with E-state index >= 15 is 0 Å². The molecular formula is C16H15BrCl2O3. The molecule has 0 fully saturated rings. The first-order valence-corrected chi connectivity index (χ1v) is 8.23. The smallest absolute Gasteiger partial charge is 0.162 e. The first-order chi connectivity index (χ1) is 10.6. The summed E-state index contributed by atoms with van der Waals surface area (Å²) >= 11 is 15.7. The van der Waals surface area contributed by atoms with Crippen LogP contribution in [0.1, 0.15) is 18.1 Å². The van der Waals surface area contributed by atoms with Crippen molar-refractivity contribution in [3.8, 4) is 11.5 Å². The molecule has 0 aliphatic rings. The summed E-state index contributed by atoms with van der Waals surface area (Å²) in [5, 5.41) is 10.4. The number of hydrogen-bond acceptors (Lipinski definition) is 3. The lowest BCUT2D eigenvalue weighted by Crippen LogP contribution is -2.02. The van der Waals surface area contributed by atoms with E-state index in [0.717, 1.165) is 15.6 Å². The molecule has 0 radical (unpaired) electrons. The highest BCUT2D eigenvalue weighted by Crippen LogP contribution is 2.35. The van der Waals surface area contributed by atoms with Gasteiger partial charge < -0.3 is 14.6 Å². The van der Waals surface area contributed by atoms with E-state index in [0.29, 0.717) is 28.2 Å². The first-order valence-electron chi connectivity index (χ1n) is 6.68. The molecule has 0 amide bonds. The van der Waals surface area contributed by atoms with Crippen LogP contribution >= 0.6 is 39.1 Å². The molecule has 0 atom stereocenters. The van der Waals surface area contributed by atoms with Crippen LogP contribution in [0.4, 0.5) is 0 Å². The highest BCUT2D eigenvalue weighted by atomic mass is 79.9. The molecule has 0 heterocycles. The normalized spacial score (nSPS) is 10.6. The summed E-state index contributed by atoms with van der Waals surface area (Å²) in [7, 11) is 0. The van der Waals surface area contributed by atoms with Crippen LogP contribution in [0, 0.1) is 0 Å². The van der Waals surface area contributed by atoms with Gasteiger partial charge in [0.25, 0.3) is 0 Å². The van der Waals surface area contributed by atoms with Gasteiger partial charge in [0, 0.05) is 20.1 Å². The monoisotopic (exact) mass is 404 g/mol. The van der Waals surface area contributed by atoms with Gasteiger partial charge >= 0.3 is 0 Å². The third kappa shape index (κ3) is 4.07. The summed E-state index contributed by atoms with van der Waals surface area (Å²) in [6.45, 7) is 2.52. The number of ether oxygens (including phenoxy) is 2. The van der Waals surface area contributed by atoms with E-state index in [2.05, 4.69) is 15.9 Å². The standard InChI is InChI=1S/C16H15BrCl2O3/c1-2-21-15-6-10(8-20)12(17)7-16(15)22-9-11-13(18)4-3-5-14(11)19/h3-7,20H,2,8-9H2,1H3. The lowest BCUT2D eigenvalue weighted by molar-refractivity contribution is 0.263. The van der Waals surface area contributed by atoms with Gasteiger partial charge in [-0.25, -0.2) is 0 Å². The lowest BCUT2D eigenvalue weighted by Gasteiger charge is -2.15. The third-order valence-electron chi connectivity index (χ3n) is 3.02. The summed E-state index contributed by atoms with van der Waals surface area (Å²) in [5.41, 5.74) is 1.45. The van der Waals surface area contributed by atoms with Crippen LogP contribution in [0.3, 0.4) is 0 Å². The Kier molecular flexibility index (Phi) is 6.38. The topological polar surface area (TPSA) is 38.7 Å². The average Bonchev–Trinajstić information content (AvgIpc) is 2.49. The van der Waals surface area contributed by atoms with E-state index in [1.807, 2.05) is 6.92 Å². The minimum Gasteiger partial charge on any atom is -0.490 e. The van der Waals surface area contributed by atoms with Crippen molar-refractivity contribution in [1.82, 2.24) is 0 Å². The molecule has 0 spiro atoms. The zero-order valence-corrected chi connectivity index (χ0v) is 15.0. The van der Waals surface area contributed by atoms with Crippen molar-refractivity contribution in [2.75, 3.05) is 6.61 Å². The molecule has 0 aliphatic heterocycles. The van der Waals surface area contributed by atoms with Gasteiger partial charge in [0.2, 0.25) is 0 Å². The van der Waals surface area contributed by atoms with E-state index < -0.39 is 0 Å². The van der Waals surface area contributed by atoms with Gasteiger partial charge in [0.1, 0.15) is 6.61 Å². The zero-order chi connectivity index (χ0) is 16.1. The van der Waals surface area contributed by atoms with Gasteiger partial charge in [-0.3, -0.25) is 0 Å². The Morgan fingerprint density at radius 2 is 1.73 bits per heavy atom. The Bertz CT molecular complexity index is 642. The molecule has 0 aromatic heterocycles.